The van der Waals surface area contributed by atoms with E-state index in [9.17, 15) is 0 Å². The molecule has 0 aromatic heterocycles. The lowest BCUT2D eigenvalue weighted by atomic mass is 9.78. The fourth-order valence-electron chi connectivity index (χ4n) is 3.96. The monoisotopic (exact) mass is 293 g/mol. The van der Waals surface area contributed by atoms with Crippen molar-refractivity contribution in [3.8, 4) is 0 Å². The highest BCUT2D eigenvalue weighted by molar-refractivity contribution is 6.30. The molecule has 0 radical (unpaired) electrons. The minimum atomic E-state index is 0.0788. The zero-order valence-electron chi connectivity index (χ0n) is 12.2. The van der Waals surface area contributed by atoms with E-state index in [4.69, 9.17) is 22.1 Å². The number of ether oxygens (including phenoxy) is 1. The Bertz CT molecular complexity index is 482. The van der Waals surface area contributed by atoms with Crippen molar-refractivity contribution < 1.29 is 4.74 Å². The summed E-state index contributed by atoms with van der Waals surface area (Å²) >= 11 is 6.14. The SMILES string of the molecule is Cc1ccc(Cl)cc1C(N)C1CCOC2(CCCC2)C1. The summed E-state index contributed by atoms with van der Waals surface area (Å²) in [5, 5.41) is 0.781. The lowest BCUT2D eigenvalue weighted by Gasteiger charge is -2.40. The quantitative estimate of drug-likeness (QED) is 0.878. The highest BCUT2D eigenvalue weighted by Crippen LogP contribution is 2.45. The van der Waals surface area contributed by atoms with Crippen molar-refractivity contribution in [1.82, 2.24) is 0 Å². The van der Waals surface area contributed by atoms with E-state index in [1.807, 2.05) is 12.1 Å². The maximum atomic E-state index is 6.58. The zero-order valence-corrected chi connectivity index (χ0v) is 13.0. The van der Waals surface area contributed by atoms with Crippen molar-refractivity contribution in [2.75, 3.05) is 6.61 Å². The first-order valence-electron chi connectivity index (χ1n) is 7.75. The fourth-order valence-corrected chi connectivity index (χ4v) is 4.14. The van der Waals surface area contributed by atoms with E-state index in [1.165, 1.54) is 36.8 Å². The van der Waals surface area contributed by atoms with Gasteiger partial charge in [0.2, 0.25) is 0 Å². The molecule has 2 atom stereocenters. The molecule has 1 aliphatic carbocycles. The molecule has 110 valence electrons. The molecule has 1 heterocycles. The summed E-state index contributed by atoms with van der Waals surface area (Å²) in [6.45, 7) is 2.98. The van der Waals surface area contributed by atoms with Crippen LogP contribution in [-0.2, 0) is 4.74 Å². The molecule has 2 unspecified atom stereocenters. The van der Waals surface area contributed by atoms with Crippen LogP contribution in [0.4, 0.5) is 0 Å². The van der Waals surface area contributed by atoms with Crippen LogP contribution in [-0.4, -0.2) is 12.2 Å². The Hall–Kier alpha value is -0.570. The Morgan fingerprint density at radius 3 is 2.85 bits per heavy atom. The zero-order chi connectivity index (χ0) is 14.2. The summed E-state index contributed by atoms with van der Waals surface area (Å²) in [4.78, 5) is 0. The molecule has 1 spiro atoms. The van der Waals surface area contributed by atoms with Gasteiger partial charge >= 0.3 is 0 Å². The highest BCUT2D eigenvalue weighted by Gasteiger charge is 2.41. The number of rotatable bonds is 2. The van der Waals surface area contributed by atoms with Crippen molar-refractivity contribution in [3.63, 3.8) is 0 Å². The second kappa shape index (κ2) is 5.67. The minimum absolute atomic E-state index is 0.0788. The van der Waals surface area contributed by atoms with Gasteiger partial charge in [-0.3, -0.25) is 0 Å². The maximum absolute atomic E-state index is 6.58. The lowest BCUT2D eigenvalue weighted by molar-refractivity contribution is -0.0964. The molecule has 20 heavy (non-hydrogen) atoms. The molecule has 2 nitrogen and oxygen atoms in total. The minimum Gasteiger partial charge on any atom is -0.375 e. The molecule has 3 heteroatoms. The molecule has 1 aliphatic heterocycles. The number of hydrogen-bond acceptors (Lipinski definition) is 2. The third-order valence-corrected chi connectivity index (χ3v) is 5.39. The third kappa shape index (κ3) is 2.74. The van der Waals surface area contributed by atoms with Crippen LogP contribution in [0.15, 0.2) is 18.2 Å². The standard InChI is InChI=1S/C17H24ClNO/c1-12-4-5-14(18)10-15(12)16(19)13-6-9-20-17(11-13)7-2-3-8-17/h4-5,10,13,16H,2-3,6-9,11,19H2,1H3. The van der Waals surface area contributed by atoms with Gasteiger partial charge < -0.3 is 10.5 Å². The summed E-state index contributed by atoms with van der Waals surface area (Å²) in [6.07, 6.45) is 7.21. The van der Waals surface area contributed by atoms with Crippen LogP contribution in [0.2, 0.25) is 5.02 Å². The first-order chi connectivity index (χ1) is 9.60. The van der Waals surface area contributed by atoms with Crippen LogP contribution in [0.3, 0.4) is 0 Å². The van der Waals surface area contributed by atoms with E-state index >= 15 is 0 Å². The second-order valence-corrected chi connectivity index (χ2v) is 6.95. The summed E-state index contributed by atoms with van der Waals surface area (Å²) in [5.41, 5.74) is 9.16. The van der Waals surface area contributed by atoms with Gasteiger partial charge in [-0.25, -0.2) is 0 Å². The predicted octanol–water partition coefficient (Wildman–Crippen LogP) is 4.39. The predicted molar refractivity (Wildman–Crippen MR) is 83.0 cm³/mol. The lowest BCUT2D eigenvalue weighted by Crippen LogP contribution is -2.40. The Morgan fingerprint density at radius 2 is 2.10 bits per heavy atom. The van der Waals surface area contributed by atoms with Gasteiger partial charge in [0.15, 0.2) is 0 Å². The molecule has 1 saturated carbocycles. The Kier molecular flexibility index (Phi) is 4.07. The number of halogens is 1. The largest absolute Gasteiger partial charge is 0.375 e. The summed E-state index contributed by atoms with van der Waals surface area (Å²) in [6, 6.07) is 6.13. The van der Waals surface area contributed by atoms with Crippen molar-refractivity contribution in [3.05, 3.63) is 34.3 Å². The average Bonchev–Trinajstić information content (AvgIpc) is 2.88. The smallest absolute Gasteiger partial charge is 0.0685 e. The highest BCUT2D eigenvalue weighted by atomic mass is 35.5. The number of nitrogens with two attached hydrogens (primary N) is 1. The molecular formula is C17H24ClNO. The van der Waals surface area contributed by atoms with Gasteiger partial charge in [-0.1, -0.05) is 30.5 Å². The Morgan fingerprint density at radius 1 is 1.35 bits per heavy atom. The van der Waals surface area contributed by atoms with Crippen LogP contribution in [0.5, 0.6) is 0 Å². The Balaban J connectivity index is 1.79. The van der Waals surface area contributed by atoms with Gasteiger partial charge in [-0.15, -0.1) is 0 Å². The Labute approximate surface area is 126 Å². The van der Waals surface area contributed by atoms with Crippen molar-refractivity contribution >= 4 is 11.6 Å². The van der Waals surface area contributed by atoms with E-state index in [1.54, 1.807) is 0 Å². The second-order valence-electron chi connectivity index (χ2n) is 6.52. The van der Waals surface area contributed by atoms with Gasteiger partial charge in [-0.2, -0.15) is 0 Å². The van der Waals surface area contributed by atoms with Gasteiger partial charge in [-0.05, 0) is 61.8 Å². The van der Waals surface area contributed by atoms with Gasteiger partial charge in [0.05, 0.1) is 5.60 Å². The molecular weight excluding hydrogens is 270 g/mol. The van der Waals surface area contributed by atoms with Gasteiger partial charge in [0.1, 0.15) is 0 Å². The van der Waals surface area contributed by atoms with Crippen LogP contribution >= 0.6 is 11.6 Å². The normalized spacial score (nSPS) is 26.9. The van der Waals surface area contributed by atoms with Crippen LogP contribution < -0.4 is 5.73 Å². The van der Waals surface area contributed by atoms with Crippen LogP contribution in [0.1, 0.15) is 55.7 Å². The summed E-state index contributed by atoms with van der Waals surface area (Å²) < 4.78 is 6.12. The van der Waals surface area contributed by atoms with Crippen LogP contribution in [0, 0.1) is 12.8 Å². The molecule has 0 bridgehead atoms. The van der Waals surface area contributed by atoms with Gasteiger partial charge in [0.25, 0.3) is 0 Å². The molecule has 3 rings (SSSR count). The average molecular weight is 294 g/mol. The van der Waals surface area contributed by atoms with Gasteiger partial charge in [0, 0.05) is 17.7 Å². The summed E-state index contributed by atoms with van der Waals surface area (Å²) in [5.74, 6) is 0.513. The topological polar surface area (TPSA) is 35.2 Å². The number of benzene rings is 1. The van der Waals surface area contributed by atoms with Crippen molar-refractivity contribution in [2.24, 2.45) is 11.7 Å². The molecule has 1 aromatic rings. The summed E-state index contributed by atoms with van der Waals surface area (Å²) in [7, 11) is 0. The molecule has 2 N–H and O–H groups in total. The van der Waals surface area contributed by atoms with E-state index < -0.39 is 0 Å². The molecule has 2 fully saturated rings. The molecule has 1 aromatic carbocycles. The van der Waals surface area contributed by atoms with Crippen LogP contribution in [0.25, 0.3) is 0 Å². The maximum Gasteiger partial charge on any atom is 0.0685 e. The third-order valence-electron chi connectivity index (χ3n) is 5.15. The van der Waals surface area contributed by atoms with Crippen molar-refractivity contribution in [2.45, 2.75) is 57.1 Å². The number of aryl methyl sites for hydroxylation is 1. The molecule has 2 aliphatic rings. The number of hydrogen-bond donors (Lipinski definition) is 1. The van der Waals surface area contributed by atoms with Crippen molar-refractivity contribution in [1.29, 1.82) is 0 Å². The molecule has 0 amide bonds. The fraction of sp³-hybridized carbons (Fsp3) is 0.647. The first kappa shape index (κ1) is 14.4. The molecule has 1 saturated heterocycles. The van der Waals surface area contributed by atoms with E-state index in [2.05, 4.69) is 13.0 Å². The van der Waals surface area contributed by atoms with E-state index in [0.717, 1.165) is 24.5 Å². The first-order valence-corrected chi connectivity index (χ1v) is 8.13. The van der Waals surface area contributed by atoms with E-state index in [0.29, 0.717) is 5.92 Å². The van der Waals surface area contributed by atoms with E-state index in [-0.39, 0.29) is 11.6 Å².